The maximum Gasteiger partial charge on any atom is 0.263 e. The quantitative estimate of drug-likeness (QED) is 0.846. The molecular formula is C11H13N5OS. The van der Waals surface area contributed by atoms with Crippen LogP contribution in [0, 0.1) is 0 Å². The highest BCUT2D eigenvalue weighted by atomic mass is 32.1. The van der Waals surface area contributed by atoms with Crippen LogP contribution < -0.4 is 11.1 Å². The number of nitrogens with zero attached hydrogens (tertiary/aromatic N) is 3. The smallest absolute Gasteiger partial charge is 0.263 e. The number of carbonyl (C=O) groups is 1. The summed E-state index contributed by atoms with van der Waals surface area (Å²) in [5.74, 6) is 0.348. The number of nitrogens with two attached hydrogens (primary N) is 1. The van der Waals surface area contributed by atoms with Crippen LogP contribution in [0.2, 0.25) is 0 Å². The average Bonchev–Trinajstić information content (AvgIpc) is 2.89. The molecule has 0 unspecified atom stereocenters. The van der Waals surface area contributed by atoms with Gasteiger partial charge in [-0.25, -0.2) is 15.0 Å². The Hall–Kier alpha value is -1.86. The minimum Gasteiger partial charge on any atom is -0.348 e. The minimum absolute atomic E-state index is 0.0592. The molecule has 0 spiro atoms. The summed E-state index contributed by atoms with van der Waals surface area (Å²) in [4.78, 5) is 24.7. The van der Waals surface area contributed by atoms with E-state index in [9.17, 15) is 4.79 Å². The van der Waals surface area contributed by atoms with Gasteiger partial charge in [0.15, 0.2) is 10.8 Å². The first-order chi connectivity index (χ1) is 8.70. The van der Waals surface area contributed by atoms with Crippen molar-refractivity contribution in [2.24, 2.45) is 5.73 Å². The molecule has 0 aliphatic rings. The van der Waals surface area contributed by atoms with Gasteiger partial charge in [-0.05, 0) is 13.0 Å². The Morgan fingerprint density at radius 3 is 2.83 bits per heavy atom. The summed E-state index contributed by atoms with van der Waals surface area (Å²) in [6.45, 7) is 2.25. The molecule has 0 fully saturated rings. The van der Waals surface area contributed by atoms with E-state index in [0.717, 1.165) is 0 Å². The van der Waals surface area contributed by atoms with Crippen LogP contribution in [0.15, 0.2) is 24.7 Å². The summed E-state index contributed by atoms with van der Waals surface area (Å²) in [5, 5.41) is 3.40. The number of thiazole rings is 1. The maximum atomic E-state index is 11.8. The molecule has 18 heavy (non-hydrogen) atoms. The van der Waals surface area contributed by atoms with Gasteiger partial charge in [0.05, 0.1) is 6.20 Å². The fourth-order valence-corrected chi connectivity index (χ4v) is 2.01. The molecule has 0 bridgehead atoms. The first-order valence-corrected chi connectivity index (χ1v) is 6.26. The summed E-state index contributed by atoms with van der Waals surface area (Å²) >= 11 is 1.26. The van der Waals surface area contributed by atoms with E-state index in [1.807, 2.05) is 6.92 Å². The van der Waals surface area contributed by atoms with Crippen molar-refractivity contribution >= 4 is 17.2 Å². The van der Waals surface area contributed by atoms with E-state index in [-0.39, 0.29) is 11.9 Å². The highest BCUT2D eigenvalue weighted by molar-refractivity contribution is 7.16. The van der Waals surface area contributed by atoms with Crippen LogP contribution in [0.25, 0.3) is 10.8 Å². The van der Waals surface area contributed by atoms with Crippen LogP contribution in [-0.4, -0.2) is 33.4 Å². The van der Waals surface area contributed by atoms with Crippen LogP contribution in [0.3, 0.4) is 0 Å². The third-order valence-corrected chi connectivity index (χ3v) is 3.21. The van der Waals surface area contributed by atoms with Crippen molar-refractivity contribution in [1.29, 1.82) is 0 Å². The van der Waals surface area contributed by atoms with Gasteiger partial charge in [-0.1, -0.05) is 0 Å². The number of hydrogen-bond donors (Lipinski definition) is 2. The standard InChI is InChI=1S/C11H13N5OS/c1-7(5-12)16-10(17)8-6-15-11(18-8)9-13-3-2-4-14-9/h2-4,6-7H,5,12H2,1H3,(H,16,17)/t7-/m0/s1. The fourth-order valence-electron chi connectivity index (χ4n) is 1.25. The number of aromatic nitrogens is 3. The van der Waals surface area contributed by atoms with Crippen LogP contribution in [0.1, 0.15) is 16.6 Å². The van der Waals surface area contributed by atoms with E-state index >= 15 is 0 Å². The average molecular weight is 263 g/mol. The molecule has 6 nitrogen and oxygen atoms in total. The van der Waals surface area contributed by atoms with Crippen molar-refractivity contribution in [3.8, 4) is 10.8 Å². The Morgan fingerprint density at radius 2 is 2.17 bits per heavy atom. The van der Waals surface area contributed by atoms with Crippen molar-refractivity contribution in [3.05, 3.63) is 29.5 Å². The first kappa shape index (κ1) is 12.6. The number of hydrogen-bond acceptors (Lipinski definition) is 6. The van der Waals surface area contributed by atoms with Gasteiger partial charge in [-0.15, -0.1) is 11.3 Å². The van der Waals surface area contributed by atoms with Gasteiger partial charge >= 0.3 is 0 Å². The fraction of sp³-hybridized carbons (Fsp3) is 0.273. The summed E-state index contributed by atoms with van der Waals surface area (Å²) in [5.41, 5.74) is 5.45. The lowest BCUT2D eigenvalue weighted by atomic mass is 10.3. The van der Waals surface area contributed by atoms with E-state index in [0.29, 0.717) is 22.3 Å². The van der Waals surface area contributed by atoms with Gasteiger partial charge in [0.2, 0.25) is 0 Å². The monoisotopic (exact) mass is 263 g/mol. The number of amides is 1. The van der Waals surface area contributed by atoms with Crippen molar-refractivity contribution in [2.75, 3.05) is 6.54 Å². The molecule has 0 aliphatic heterocycles. The van der Waals surface area contributed by atoms with Gasteiger partial charge < -0.3 is 11.1 Å². The zero-order chi connectivity index (χ0) is 13.0. The predicted molar refractivity (Wildman–Crippen MR) is 69.1 cm³/mol. The molecule has 2 rings (SSSR count). The van der Waals surface area contributed by atoms with Gasteiger partial charge in [-0.2, -0.15) is 0 Å². The summed E-state index contributed by atoms with van der Waals surface area (Å²) in [6.07, 6.45) is 4.80. The molecule has 0 aromatic carbocycles. The van der Waals surface area contributed by atoms with E-state index < -0.39 is 0 Å². The van der Waals surface area contributed by atoms with Gasteiger partial charge in [0.25, 0.3) is 5.91 Å². The molecule has 2 aromatic heterocycles. The van der Waals surface area contributed by atoms with E-state index in [4.69, 9.17) is 5.73 Å². The third kappa shape index (κ3) is 2.88. The lowest BCUT2D eigenvalue weighted by Crippen LogP contribution is -2.37. The Balaban J connectivity index is 2.13. The second-order valence-corrected chi connectivity index (χ2v) is 4.74. The third-order valence-electron chi connectivity index (χ3n) is 2.22. The number of carbonyl (C=O) groups excluding carboxylic acids is 1. The van der Waals surface area contributed by atoms with E-state index in [1.54, 1.807) is 18.5 Å². The first-order valence-electron chi connectivity index (χ1n) is 5.45. The number of rotatable bonds is 4. The molecule has 7 heteroatoms. The largest absolute Gasteiger partial charge is 0.348 e. The Kier molecular flexibility index (Phi) is 3.96. The van der Waals surface area contributed by atoms with Crippen molar-refractivity contribution < 1.29 is 4.79 Å². The Bertz CT molecular complexity index is 527. The van der Waals surface area contributed by atoms with Crippen molar-refractivity contribution in [2.45, 2.75) is 13.0 Å². The summed E-state index contributed by atoms with van der Waals surface area (Å²) in [7, 11) is 0. The normalized spacial score (nSPS) is 12.1. The molecule has 2 aromatic rings. The van der Waals surface area contributed by atoms with E-state index in [2.05, 4.69) is 20.3 Å². The van der Waals surface area contributed by atoms with Crippen LogP contribution in [0.5, 0.6) is 0 Å². The highest BCUT2D eigenvalue weighted by Crippen LogP contribution is 2.21. The van der Waals surface area contributed by atoms with Gasteiger partial charge in [0.1, 0.15) is 4.88 Å². The molecule has 0 aliphatic carbocycles. The predicted octanol–water partition coefficient (Wildman–Crippen LogP) is 0.677. The van der Waals surface area contributed by atoms with Crippen LogP contribution >= 0.6 is 11.3 Å². The minimum atomic E-state index is -0.173. The molecule has 94 valence electrons. The topological polar surface area (TPSA) is 93.8 Å². The molecule has 0 radical (unpaired) electrons. The van der Waals surface area contributed by atoms with Crippen molar-refractivity contribution in [3.63, 3.8) is 0 Å². The second kappa shape index (κ2) is 5.65. The maximum absolute atomic E-state index is 11.8. The molecule has 1 atom stereocenters. The molecule has 3 N–H and O–H groups in total. The van der Waals surface area contributed by atoms with Crippen LogP contribution in [0.4, 0.5) is 0 Å². The molecular weight excluding hydrogens is 250 g/mol. The summed E-state index contributed by atoms with van der Waals surface area (Å²) in [6, 6.07) is 1.67. The van der Waals surface area contributed by atoms with E-state index in [1.165, 1.54) is 17.5 Å². The number of nitrogens with one attached hydrogen (secondary N) is 1. The second-order valence-electron chi connectivity index (χ2n) is 3.71. The Labute approximate surface area is 108 Å². The van der Waals surface area contributed by atoms with Crippen LogP contribution in [-0.2, 0) is 0 Å². The zero-order valence-electron chi connectivity index (χ0n) is 9.83. The Morgan fingerprint density at radius 1 is 1.44 bits per heavy atom. The van der Waals surface area contributed by atoms with Gasteiger partial charge in [-0.3, -0.25) is 4.79 Å². The molecule has 0 saturated heterocycles. The van der Waals surface area contributed by atoms with Gasteiger partial charge in [0, 0.05) is 25.0 Å². The SMILES string of the molecule is C[C@@H](CN)NC(=O)c1cnc(-c2ncccn2)s1. The molecule has 2 heterocycles. The van der Waals surface area contributed by atoms with Crippen molar-refractivity contribution in [1.82, 2.24) is 20.3 Å². The summed E-state index contributed by atoms with van der Waals surface area (Å²) < 4.78 is 0. The molecule has 1 amide bonds. The lowest BCUT2D eigenvalue weighted by molar-refractivity contribution is 0.0945. The lowest BCUT2D eigenvalue weighted by Gasteiger charge is -2.09. The zero-order valence-corrected chi connectivity index (χ0v) is 10.6. The highest BCUT2D eigenvalue weighted by Gasteiger charge is 2.14. The molecule has 0 saturated carbocycles.